The molecule has 1 atom stereocenters. The molecule has 3 heteroatoms. The van der Waals surface area contributed by atoms with Gasteiger partial charge < -0.3 is 10.5 Å². The van der Waals surface area contributed by atoms with Crippen molar-refractivity contribution in [1.29, 1.82) is 0 Å². The third-order valence-corrected chi connectivity index (χ3v) is 2.73. The van der Waals surface area contributed by atoms with E-state index in [4.69, 9.17) is 10.5 Å². The fraction of sp³-hybridized carbons (Fsp3) is 0.214. The lowest BCUT2D eigenvalue weighted by Gasteiger charge is -2.16. The van der Waals surface area contributed by atoms with Gasteiger partial charge >= 0.3 is 0 Å². The van der Waals surface area contributed by atoms with E-state index in [0.29, 0.717) is 11.6 Å². The topological polar surface area (TPSA) is 48.1 Å². The largest absolute Gasteiger partial charge is 0.468 e. The number of nitrogens with two attached hydrogens (primary N) is 1. The third-order valence-electron chi connectivity index (χ3n) is 2.73. The first-order chi connectivity index (χ1) is 8.18. The molecule has 17 heavy (non-hydrogen) atoms. The van der Waals surface area contributed by atoms with Crippen LogP contribution in [0.1, 0.15) is 24.2 Å². The Morgan fingerprint density at radius 1 is 1.18 bits per heavy atom. The molecule has 1 heterocycles. The molecule has 1 aromatic heterocycles. The summed E-state index contributed by atoms with van der Waals surface area (Å²) in [6.45, 7) is 3.93. The normalized spacial score (nSPS) is 12.1. The zero-order chi connectivity index (χ0) is 12.3. The van der Waals surface area contributed by atoms with E-state index in [0.717, 1.165) is 11.1 Å². The van der Waals surface area contributed by atoms with Crippen molar-refractivity contribution in [3.8, 4) is 5.88 Å². The first-order valence-corrected chi connectivity index (χ1v) is 5.61. The first-order valence-electron chi connectivity index (χ1n) is 5.61. The fourth-order valence-corrected chi connectivity index (χ4v) is 1.60. The predicted molar refractivity (Wildman–Crippen MR) is 68.9 cm³/mol. The lowest BCUT2D eigenvalue weighted by Crippen LogP contribution is -2.06. The van der Waals surface area contributed by atoms with Gasteiger partial charge in [-0.05, 0) is 31.0 Å². The number of anilines is 1. The van der Waals surface area contributed by atoms with Crippen LogP contribution >= 0.6 is 0 Å². The van der Waals surface area contributed by atoms with Gasteiger partial charge in [-0.1, -0.05) is 30.3 Å². The van der Waals surface area contributed by atoms with Crippen LogP contribution in [0.2, 0.25) is 0 Å². The number of hydrogen-bond donors (Lipinski definition) is 1. The highest BCUT2D eigenvalue weighted by molar-refractivity contribution is 5.53. The van der Waals surface area contributed by atoms with Gasteiger partial charge in [0.15, 0.2) is 0 Å². The number of pyridine rings is 1. The van der Waals surface area contributed by atoms with E-state index in [2.05, 4.69) is 4.98 Å². The van der Waals surface area contributed by atoms with Crippen molar-refractivity contribution in [3.05, 3.63) is 53.7 Å². The van der Waals surface area contributed by atoms with Gasteiger partial charge in [-0.2, -0.15) is 0 Å². The Bertz CT molecular complexity index is 497. The Hall–Kier alpha value is -2.03. The quantitative estimate of drug-likeness (QED) is 0.878. The zero-order valence-electron chi connectivity index (χ0n) is 10.1. The molecule has 88 valence electrons. The second-order valence-electron chi connectivity index (χ2n) is 4.02. The monoisotopic (exact) mass is 228 g/mol. The molecule has 0 aliphatic heterocycles. The molecule has 3 nitrogen and oxygen atoms in total. The smallest absolute Gasteiger partial charge is 0.238 e. The average Bonchev–Trinajstić information content (AvgIpc) is 2.36. The molecular formula is C14H16N2O. The van der Waals surface area contributed by atoms with Crippen molar-refractivity contribution >= 4 is 5.69 Å². The van der Waals surface area contributed by atoms with E-state index >= 15 is 0 Å². The van der Waals surface area contributed by atoms with Gasteiger partial charge in [-0.3, -0.25) is 0 Å². The maximum Gasteiger partial charge on any atom is 0.238 e. The third kappa shape index (κ3) is 2.56. The van der Waals surface area contributed by atoms with Crippen molar-refractivity contribution < 1.29 is 4.74 Å². The number of benzene rings is 1. The molecule has 0 radical (unpaired) electrons. The molecular weight excluding hydrogens is 212 g/mol. The SMILES string of the molecule is Cc1ccnc(OC(C)c2ccccc2)c1N. The summed E-state index contributed by atoms with van der Waals surface area (Å²) in [6.07, 6.45) is 1.64. The molecule has 0 bridgehead atoms. The molecule has 0 saturated carbocycles. The summed E-state index contributed by atoms with van der Waals surface area (Å²) >= 11 is 0. The second kappa shape index (κ2) is 4.87. The molecule has 2 N–H and O–H groups in total. The van der Waals surface area contributed by atoms with E-state index in [1.165, 1.54) is 0 Å². The van der Waals surface area contributed by atoms with Crippen LogP contribution in [-0.2, 0) is 0 Å². The number of nitrogens with zero attached hydrogens (tertiary/aromatic N) is 1. The molecule has 0 amide bonds. The highest BCUT2D eigenvalue weighted by Crippen LogP contribution is 2.26. The van der Waals surface area contributed by atoms with Crippen LogP contribution in [0.15, 0.2) is 42.6 Å². The molecule has 0 aliphatic rings. The van der Waals surface area contributed by atoms with Gasteiger partial charge in [0.25, 0.3) is 0 Å². The number of ether oxygens (including phenoxy) is 1. The Balaban J connectivity index is 2.19. The van der Waals surface area contributed by atoms with Gasteiger partial charge in [0.2, 0.25) is 5.88 Å². The van der Waals surface area contributed by atoms with Gasteiger partial charge in [0.05, 0.1) is 5.69 Å². The highest BCUT2D eigenvalue weighted by atomic mass is 16.5. The van der Waals surface area contributed by atoms with Gasteiger partial charge in [0, 0.05) is 6.20 Å². The maximum atomic E-state index is 5.92. The molecule has 0 fully saturated rings. The molecule has 2 rings (SSSR count). The minimum absolute atomic E-state index is 0.0622. The summed E-state index contributed by atoms with van der Waals surface area (Å²) < 4.78 is 5.78. The van der Waals surface area contributed by atoms with Gasteiger partial charge in [0.1, 0.15) is 6.10 Å². The molecule has 1 unspecified atom stereocenters. The standard InChI is InChI=1S/C14H16N2O/c1-10-8-9-16-14(13(10)15)17-11(2)12-6-4-3-5-7-12/h3-9,11H,15H2,1-2H3. The van der Waals surface area contributed by atoms with Crippen LogP contribution in [0.25, 0.3) is 0 Å². The second-order valence-corrected chi connectivity index (χ2v) is 4.02. The fourth-order valence-electron chi connectivity index (χ4n) is 1.60. The van der Waals surface area contributed by atoms with Crippen LogP contribution < -0.4 is 10.5 Å². The molecule has 1 aromatic carbocycles. The first kappa shape index (κ1) is 11.5. The number of aryl methyl sites for hydroxylation is 1. The van der Waals surface area contributed by atoms with Gasteiger partial charge in [-0.25, -0.2) is 4.98 Å². The van der Waals surface area contributed by atoms with E-state index in [1.54, 1.807) is 6.20 Å². The summed E-state index contributed by atoms with van der Waals surface area (Å²) in [5, 5.41) is 0. The van der Waals surface area contributed by atoms with Crippen LogP contribution in [0, 0.1) is 6.92 Å². The minimum Gasteiger partial charge on any atom is -0.468 e. The van der Waals surface area contributed by atoms with Crippen molar-refractivity contribution in [2.24, 2.45) is 0 Å². The predicted octanol–water partition coefficient (Wildman–Crippen LogP) is 3.11. The van der Waals surface area contributed by atoms with E-state index in [1.807, 2.05) is 50.2 Å². The number of aromatic nitrogens is 1. The average molecular weight is 228 g/mol. The Morgan fingerprint density at radius 3 is 2.59 bits per heavy atom. The van der Waals surface area contributed by atoms with Gasteiger partial charge in [-0.15, -0.1) is 0 Å². The summed E-state index contributed by atoms with van der Waals surface area (Å²) in [6, 6.07) is 11.9. The highest BCUT2D eigenvalue weighted by Gasteiger charge is 2.10. The summed E-state index contributed by atoms with van der Waals surface area (Å²) in [5.41, 5.74) is 8.62. The van der Waals surface area contributed by atoms with Crippen molar-refractivity contribution in [2.45, 2.75) is 20.0 Å². The van der Waals surface area contributed by atoms with Crippen LogP contribution in [0.5, 0.6) is 5.88 Å². The van der Waals surface area contributed by atoms with E-state index in [-0.39, 0.29) is 6.10 Å². The molecule has 2 aromatic rings. The summed E-state index contributed by atoms with van der Waals surface area (Å²) in [7, 11) is 0. The maximum absolute atomic E-state index is 5.92. The Kier molecular flexibility index (Phi) is 3.28. The van der Waals surface area contributed by atoms with Crippen LogP contribution in [0.4, 0.5) is 5.69 Å². The van der Waals surface area contributed by atoms with Crippen LogP contribution in [-0.4, -0.2) is 4.98 Å². The molecule has 0 spiro atoms. The van der Waals surface area contributed by atoms with Crippen molar-refractivity contribution in [2.75, 3.05) is 5.73 Å². The summed E-state index contributed by atoms with van der Waals surface area (Å²) in [5.74, 6) is 0.501. The van der Waals surface area contributed by atoms with E-state index in [9.17, 15) is 0 Å². The Morgan fingerprint density at radius 2 is 1.88 bits per heavy atom. The van der Waals surface area contributed by atoms with Crippen molar-refractivity contribution in [3.63, 3.8) is 0 Å². The number of rotatable bonds is 3. The number of hydrogen-bond acceptors (Lipinski definition) is 3. The zero-order valence-corrected chi connectivity index (χ0v) is 10.1. The number of nitrogen functional groups attached to an aromatic ring is 1. The van der Waals surface area contributed by atoms with Crippen molar-refractivity contribution in [1.82, 2.24) is 4.98 Å². The lowest BCUT2D eigenvalue weighted by molar-refractivity contribution is 0.219. The van der Waals surface area contributed by atoms with Crippen LogP contribution in [0.3, 0.4) is 0 Å². The lowest BCUT2D eigenvalue weighted by atomic mass is 10.1. The van der Waals surface area contributed by atoms with E-state index < -0.39 is 0 Å². The summed E-state index contributed by atoms with van der Waals surface area (Å²) in [4.78, 5) is 4.16. The molecule has 0 aliphatic carbocycles. The Labute approximate surface area is 101 Å². The molecule has 0 saturated heterocycles. The minimum atomic E-state index is -0.0622.